The summed E-state index contributed by atoms with van der Waals surface area (Å²) >= 11 is 0. The van der Waals surface area contributed by atoms with Gasteiger partial charge in [-0.3, -0.25) is 0 Å². The van der Waals surface area contributed by atoms with Gasteiger partial charge in [0.05, 0.1) is 0 Å². The summed E-state index contributed by atoms with van der Waals surface area (Å²) in [4.78, 5) is 0. The smallest absolute Gasteiger partial charge is 0.0317 e. The monoisotopic (exact) mass is 140 g/mol. The fraction of sp³-hybridized carbons (Fsp3) is 0.500. The standard InChI is InChI=1S/C8H16N2/c1-4-7(2)8(9)5-6-10-3/h5-6,10H,4,9H2,1-3H3/b6-5-,8-7+. The third-order valence-electron chi connectivity index (χ3n) is 1.45. The van der Waals surface area contributed by atoms with Gasteiger partial charge in [0, 0.05) is 12.7 Å². The maximum absolute atomic E-state index is 5.67. The zero-order chi connectivity index (χ0) is 7.98. The Labute approximate surface area is 62.8 Å². The molecule has 2 nitrogen and oxygen atoms in total. The molecule has 0 unspecified atom stereocenters. The highest BCUT2D eigenvalue weighted by Gasteiger charge is 1.88. The number of hydrogen-bond acceptors (Lipinski definition) is 2. The number of allylic oxidation sites excluding steroid dienone is 2. The summed E-state index contributed by atoms with van der Waals surface area (Å²) in [7, 11) is 1.85. The summed E-state index contributed by atoms with van der Waals surface area (Å²) in [6, 6.07) is 0. The molecule has 3 N–H and O–H groups in total. The van der Waals surface area contributed by atoms with E-state index in [4.69, 9.17) is 5.73 Å². The molecule has 58 valence electrons. The lowest BCUT2D eigenvalue weighted by atomic mass is 10.2. The van der Waals surface area contributed by atoms with Gasteiger partial charge in [-0.2, -0.15) is 0 Å². The largest absolute Gasteiger partial charge is 0.399 e. The number of nitrogens with one attached hydrogen (secondary N) is 1. The highest BCUT2D eigenvalue weighted by atomic mass is 14.8. The molecule has 0 saturated heterocycles. The van der Waals surface area contributed by atoms with Gasteiger partial charge in [-0.05, 0) is 25.6 Å². The van der Waals surface area contributed by atoms with Gasteiger partial charge >= 0.3 is 0 Å². The van der Waals surface area contributed by atoms with Gasteiger partial charge in [0.15, 0.2) is 0 Å². The molecule has 0 aromatic heterocycles. The molecular formula is C8H16N2. The molecule has 0 aliphatic heterocycles. The predicted molar refractivity (Wildman–Crippen MR) is 45.4 cm³/mol. The van der Waals surface area contributed by atoms with Crippen LogP contribution in [0.4, 0.5) is 0 Å². The van der Waals surface area contributed by atoms with Crippen molar-refractivity contribution in [3.05, 3.63) is 23.5 Å². The fourth-order valence-corrected chi connectivity index (χ4v) is 0.519. The summed E-state index contributed by atoms with van der Waals surface area (Å²) in [5.74, 6) is 0. The Balaban J connectivity index is 4.04. The molecule has 0 spiro atoms. The normalized spacial score (nSPS) is 13.5. The molecule has 0 aliphatic rings. The van der Waals surface area contributed by atoms with Gasteiger partial charge in [-0.25, -0.2) is 0 Å². The quantitative estimate of drug-likeness (QED) is 0.581. The Morgan fingerprint density at radius 1 is 1.60 bits per heavy atom. The van der Waals surface area contributed by atoms with E-state index in [1.165, 1.54) is 5.57 Å². The van der Waals surface area contributed by atoms with Crippen LogP contribution in [0.2, 0.25) is 0 Å². The molecule has 0 aliphatic carbocycles. The Morgan fingerprint density at radius 2 is 2.20 bits per heavy atom. The molecule has 0 fully saturated rings. The van der Waals surface area contributed by atoms with E-state index < -0.39 is 0 Å². The molecule has 0 rings (SSSR count). The fourth-order valence-electron chi connectivity index (χ4n) is 0.519. The molecule has 0 radical (unpaired) electrons. The minimum atomic E-state index is 0.858. The summed E-state index contributed by atoms with van der Waals surface area (Å²) in [5, 5.41) is 2.88. The van der Waals surface area contributed by atoms with E-state index in [9.17, 15) is 0 Å². The zero-order valence-corrected chi connectivity index (χ0v) is 6.94. The second kappa shape index (κ2) is 4.91. The molecule has 10 heavy (non-hydrogen) atoms. The molecule has 0 aromatic rings. The van der Waals surface area contributed by atoms with Gasteiger partial charge in [-0.15, -0.1) is 0 Å². The first kappa shape index (κ1) is 9.08. The number of hydrogen-bond donors (Lipinski definition) is 2. The van der Waals surface area contributed by atoms with E-state index >= 15 is 0 Å². The maximum atomic E-state index is 5.67. The van der Waals surface area contributed by atoms with Crippen molar-refractivity contribution in [2.45, 2.75) is 20.3 Å². The Bertz CT molecular complexity index is 145. The highest BCUT2D eigenvalue weighted by Crippen LogP contribution is 2.02. The molecule has 0 heterocycles. The molecule has 0 amide bonds. The summed E-state index contributed by atoms with van der Waals surface area (Å²) in [6.07, 6.45) is 4.72. The number of nitrogens with two attached hydrogens (primary N) is 1. The van der Waals surface area contributed by atoms with E-state index in [1.807, 2.05) is 26.2 Å². The third kappa shape index (κ3) is 3.17. The van der Waals surface area contributed by atoms with Crippen LogP contribution in [-0.4, -0.2) is 7.05 Å². The van der Waals surface area contributed by atoms with Crippen LogP contribution in [0.3, 0.4) is 0 Å². The van der Waals surface area contributed by atoms with Crippen LogP contribution in [0, 0.1) is 0 Å². The van der Waals surface area contributed by atoms with Crippen LogP contribution in [0.25, 0.3) is 0 Å². The summed E-state index contributed by atoms with van der Waals surface area (Å²) in [5.41, 5.74) is 7.75. The second-order valence-corrected chi connectivity index (χ2v) is 2.21. The van der Waals surface area contributed by atoms with E-state index in [0.29, 0.717) is 0 Å². The van der Waals surface area contributed by atoms with Crippen molar-refractivity contribution in [2.75, 3.05) is 7.05 Å². The first-order chi connectivity index (χ1) is 4.72. The minimum Gasteiger partial charge on any atom is -0.399 e. The van der Waals surface area contributed by atoms with Crippen molar-refractivity contribution in [2.24, 2.45) is 5.73 Å². The van der Waals surface area contributed by atoms with Crippen LogP contribution in [0.1, 0.15) is 20.3 Å². The van der Waals surface area contributed by atoms with E-state index in [-0.39, 0.29) is 0 Å². The maximum Gasteiger partial charge on any atom is 0.0317 e. The topological polar surface area (TPSA) is 38.0 Å². The summed E-state index contributed by atoms with van der Waals surface area (Å²) < 4.78 is 0. The second-order valence-electron chi connectivity index (χ2n) is 2.21. The molecule has 0 aromatic carbocycles. The lowest BCUT2D eigenvalue weighted by molar-refractivity contribution is 1.05. The highest BCUT2D eigenvalue weighted by molar-refractivity contribution is 5.20. The van der Waals surface area contributed by atoms with Crippen LogP contribution in [-0.2, 0) is 0 Å². The molecule has 2 heteroatoms. The number of rotatable bonds is 3. The zero-order valence-electron chi connectivity index (χ0n) is 6.94. The Kier molecular flexibility index (Phi) is 4.46. The van der Waals surface area contributed by atoms with E-state index in [1.54, 1.807) is 0 Å². The van der Waals surface area contributed by atoms with Crippen LogP contribution in [0.15, 0.2) is 23.5 Å². The first-order valence-electron chi connectivity index (χ1n) is 3.51. The summed E-state index contributed by atoms with van der Waals surface area (Å²) in [6.45, 7) is 4.13. The van der Waals surface area contributed by atoms with Gasteiger partial charge in [0.25, 0.3) is 0 Å². The van der Waals surface area contributed by atoms with Gasteiger partial charge < -0.3 is 11.1 Å². The third-order valence-corrected chi connectivity index (χ3v) is 1.45. The van der Waals surface area contributed by atoms with Gasteiger partial charge in [0.2, 0.25) is 0 Å². The predicted octanol–water partition coefficient (Wildman–Crippen LogP) is 1.36. The van der Waals surface area contributed by atoms with Crippen molar-refractivity contribution in [1.29, 1.82) is 0 Å². The SMILES string of the molecule is CC/C(C)=C(N)\C=C/NC. The minimum absolute atomic E-state index is 0.858. The van der Waals surface area contributed by atoms with Crippen molar-refractivity contribution < 1.29 is 0 Å². The van der Waals surface area contributed by atoms with Crippen LogP contribution >= 0.6 is 0 Å². The Morgan fingerprint density at radius 3 is 2.60 bits per heavy atom. The molecule has 0 atom stereocenters. The van der Waals surface area contributed by atoms with Crippen molar-refractivity contribution in [3.8, 4) is 0 Å². The van der Waals surface area contributed by atoms with Crippen molar-refractivity contribution >= 4 is 0 Å². The first-order valence-corrected chi connectivity index (χ1v) is 3.51. The average molecular weight is 140 g/mol. The van der Waals surface area contributed by atoms with Crippen molar-refractivity contribution in [3.63, 3.8) is 0 Å². The van der Waals surface area contributed by atoms with Crippen molar-refractivity contribution in [1.82, 2.24) is 5.32 Å². The average Bonchev–Trinajstić information content (AvgIpc) is 1.98. The lowest BCUT2D eigenvalue weighted by Crippen LogP contribution is -1.99. The van der Waals surface area contributed by atoms with Crippen LogP contribution < -0.4 is 11.1 Å². The molecule has 0 saturated carbocycles. The van der Waals surface area contributed by atoms with E-state index in [0.717, 1.165) is 12.1 Å². The lowest BCUT2D eigenvalue weighted by Gasteiger charge is -1.98. The molecule has 0 bridgehead atoms. The molecular weight excluding hydrogens is 124 g/mol. The van der Waals surface area contributed by atoms with E-state index in [2.05, 4.69) is 12.2 Å². The Hall–Kier alpha value is -0.920. The van der Waals surface area contributed by atoms with Gasteiger partial charge in [0.1, 0.15) is 0 Å². The van der Waals surface area contributed by atoms with Gasteiger partial charge in [-0.1, -0.05) is 12.5 Å². The van der Waals surface area contributed by atoms with Crippen LogP contribution in [0.5, 0.6) is 0 Å².